The zero-order valence-corrected chi connectivity index (χ0v) is 22.5. The smallest absolute Gasteiger partial charge is 0.416 e. The highest BCUT2D eigenvalue weighted by Gasteiger charge is 2.39. The molecule has 0 saturated carbocycles. The molecule has 2 atom stereocenters. The van der Waals surface area contributed by atoms with Crippen molar-refractivity contribution >= 4 is 23.2 Å². The van der Waals surface area contributed by atoms with Crippen LogP contribution in [0.4, 0.5) is 35.2 Å². The lowest BCUT2D eigenvalue weighted by molar-refractivity contribution is -0.141. The summed E-state index contributed by atoms with van der Waals surface area (Å²) in [5, 5.41) is 2.88. The van der Waals surface area contributed by atoms with Crippen LogP contribution in [0, 0.1) is 0 Å². The molecule has 10 nitrogen and oxygen atoms in total. The molecule has 3 aliphatic rings. The maximum absolute atomic E-state index is 13.6. The molecule has 3 aliphatic heterocycles. The van der Waals surface area contributed by atoms with Gasteiger partial charge in [-0.05, 0) is 44.9 Å². The molecule has 2 fully saturated rings. The fourth-order valence-corrected chi connectivity index (χ4v) is 5.31. The van der Waals surface area contributed by atoms with E-state index in [2.05, 4.69) is 25.2 Å². The quantitative estimate of drug-likeness (QED) is 0.452. The molecule has 2 saturated heterocycles. The molecule has 2 aromatic heterocycles. The molecule has 0 spiro atoms. The van der Waals surface area contributed by atoms with Crippen molar-refractivity contribution in [3.63, 3.8) is 0 Å². The van der Waals surface area contributed by atoms with Gasteiger partial charge in [0.25, 0.3) is 0 Å². The predicted molar refractivity (Wildman–Crippen MR) is 144 cm³/mol. The number of piperidine rings is 1. The molecule has 216 valence electrons. The van der Waals surface area contributed by atoms with Crippen LogP contribution < -0.4 is 19.9 Å². The van der Waals surface area contributed by atoms with Crippen molar-refractivity contribution in [3.05, 3.63) is 54.4 Å². The number of nitrogens with zero attached hydrogens (tertiary/aromatic N) is 5. The summed E-state index contributed by atoms with van der Waals surface area (Å²) < 4.78 is 56.9. The lowest BCUT2D eigenvalue weighted by Crippen LogP contribution is -2.56. The average molecular weight is 571 g/mol. The normalized spacial score (nSPS) is 21.4. The topological polar surface area (TPSA) is 102 Å². The minimum atomic E-state index is -4.50. The van der Waals surface area contributed by atoms with Crippen LogP contribution in [0.3, 0.4) is 0 Å². The number of pyridine rings is 1. The van der Waals surface area contributed by atoms with Gasteiger partial charge in [-0.25, -0.2) is 19.7 Å². The van der Waals surface area contributed by atoms with Crippen molar-refractivity contribution in [2.24, 2.45) is 0 Å². The van der Waals surface area contributed by atoms with E-state index in [1.807, 2.05) is 13.8 Å². The zero-order valence-electron chi connectivity index (χ0n) is 22.5. The van der Waals surface area contributed by atoms with Crippen LogP contribution in [0.15, 0.2) is 48.8 Å². The van der Waals surface area contributed by atoms with Crippen LogP contribution >= 0.6 is 0 Å². The third-order valence-corrected chi connectivity index (χ3v) is 7.22. The number of urea groups is 1. The molecular formula is C28H29F3N6O4. The second kappa shape index (κ2) is 10.5. The minimum absolute atomic E-state index is 0.108. The van der Waals surface area contributed by atoms with Crippen LogP contribution in [-0.2, 0) is 15.7 Å². The van der Waals surface area contributed by atoms with E-state index in [1.165, 1.54) is 18.3 Å². The van der Waals surface area contributed by atoms with E-state index in [9.17, 15) is 18.0 Å². The van der Waals surface area contributed by atoms with E-state index in [0.717, 1.165) is 31.5 Å². The van der Waals surface area contributed by atoms with Gasteiger partial charge in [-0.1, -0.05) is 12.1 Å². The molecule has 1 aromatic carbocycles. The summed E-state index contributed by atoms with van der Waals surface area (Å²) in [5.74, 6) is 0.199. The first-order valence-electron chi connectivity index (χ1n) is 13.4. The summed E-state index contributed by atoms with van der Waals surface area (Å²) in [6.45, 7) is 5.78. The van der Waals surface area contributed by atoms with Gasteiger partial charge in [0, 0.05) is 24.7 Å². The molecule has 13 heteroatoms. The summed E-state index contributed by atoms with van der Waals surface area (Å²) in [7, 11) is 0. The summed E-state index contributed by atoms with van der Waals surface area (Å²) >= 11 is 0. The van der Waals surface area contributed by atoms with Crippen molar-refractivity contribution in [2.45, 2.75) is 50.8 Å². The van der Waals surface area contributed by atoms with E-state index >= 15 is 0 Å². The molecule has 0 aliphatic carbocycles. The summed E-state index contributed by atoms with van der Waals surface area (Å²) in [4.78, 5) is 30.5. The number of anilines is 3. The van der Waals surface area contributed by atoms with Crippen LogP contribution in [0.1, 0.15) is 32.3 Å². The van der Waals surface area contributed by atoms with Gasteiger partial charge in [-0.15, -0.1) is 0 Å². The van der Waals surface area contributed by atoms with Gasteiger partial charge in [0.1, 0.15) is 12.7 Å². The van der Waals surface area contributed by atoms with Crippen molar-refractivity contribution in [1.29, 1.82) is 0 Å². The maximum Gasteiger partial charge on any atom is 0.416 e. The number of rotatable bonds is 5. The number of aromatic nitrogens is 3. The van der Waals surface area contributed by atoms with Crippen LogP contribution in [0.2, 0.25) is 0 Å². The minimum Gasteiger partial charge on any atom is -0.475 e. The van der Waals surface area contributed by atoms with E-state index < -0.39 is 23.6 Å². The van der Waals surface area contributed by atoms with Gasteiger partial charge >= 0.3 is 12.2 Å². The van der Waals surface area contributed by atoms with Crippen LogP contribution in [-0.4, -0.2) is 65.2 Å². The zero-order chi connectivity index (χ0) is 28.8. The van der Waals surface area contributed by atoms with Gasteiger partial charge < -0.3 is 24.4 Å². The van der Waals surface area contributed by atoms with Crippen molar-refractivity contribution < 1.29 is 32.2 Å². The number of halogens is 3. The Morgan fingerprint density at radius 2 is 2.05 bits per heavy atom. The largest absolute Gasteiger partial charge is 0.475 e. The summed E-state index contributed by atoms with van der Waals surface area (Å²) in [6, 6.07) is 7.61. The number of carbonyl (C=O) groups excluding carboxylic acids is 1. The molecule has 41 heavy (non-hydrogen) atoms. The van der Waals surface area contributed by atoms with E-state index in [0.29, 0.717) is 36.2 Å². The predicted octanol–water partition coefficient (Wildman–Crippen LogP) is 5.11. The van der Waals surface area contributed by atoms with Crippen LogP contribution in [0.5, 0.6) is 5.88 Å². The third-order valence-electron chi connectivity index (χ3n) is 7.22. The number of benzene rings is 1. The van der Waals surface area contributed by atoms with Gasteiger partial charge in [0.05, 0.1) is 42.0 Å². The molecule has 1 unspecified atom stereocenters. The maximum atomic E-state index is 13.6. The Morgan fingerprint density at radius 3 is 2.78 bits per heavy atom. The second-order valence-corrected chi connectivity index (χ2v) is 10.7. The molecule has 1 N–H and O–H groups in total. The Labute approximate surface area is 234 Å². The van der Waals surface area contributed by atoms with Crippen molar-refractivity contribution in [1.82, 2.24) is 15.0 Å². The third kappa shape index (κ3) is 5.77. The Hall–Kier alpha value is -3.97. The highest BCUT2D eigenvalue weighted by atomic mass is 19.4. The number of alkyl halides is 3. The number of hydrogen-bond donors (Lipinski definition) is 1. The highest BCUT2D eigenvalue weighted by Crippen LogP contribution is 2.39. The fraction of sp³-hybridized carbons (Fsp3) is 0.429. The first kappa shape index (κ1) is 27.2. The Bertz CT molecular complexity index is 1440. The number of fused-ring (bicyclic) bond motifs is 4. The summed E-state index contributed by atoms with van der Waals surface area (Å²) in [6.07, 6.45) is 0.0137. The van der Waals surface area contributed by atoms with Crippen molar-refractivity contribution in [2.75, 3.05) is 41.4 Å². The number of amides is 2. The Balaban J connectivity index is 1.21. The van der Waals surface area contributed by atoms with Gasteiger partial charge in [0.2, 0.25) is 5.88 Å². The lowest BCUT2D eigenvalue weighted by Gasteiger charge is -2.45. The number of ether oxygens (including phenoxy) is 3. The number of hydrogen-bond acceptors (Lipinski definition) is 8. The van der Waals surface area contributed by atoms with Gasteiger partial charge in [-0.2, -0.15) is 13.2 Å². The Kier molecular flexibility index (Phi) is 6.94. The van der Waals surface area contributed by atoms with Crippen molar-refractivity contribution in [3.8, 4) is 17.3 Å². The summed E-state index contributed by atoms with van der Waals surface area (Å²) in [5.41, 5.74) is 0.539. The first-order valence-corrected chi connectivity index (χ1v) is 13.4. The molecule has 2 bridgehead atoms. The average Bonchev–Trinajstić information content (AvgIpc) is 3.30. The standard InChI is InChI=1S/C28H29F3N6O4/c1-27(2)40-16-21(41-27)15-39-23-9-8-19(12-32-23)34-26(38)37-20-7-4-10-36(14-20)22-13-33-24(35-25(22)37)17-5-3-6-18(11-17)28(29,30)31/h3,5-6,8-9,11-13,20-21H,4,7,10,14-16H2,1-2H3,(H,34,38)/t20?,21-/m0/s1. The lowest BCUT2D eigenvalue weighted by atomic mass is 10.0. The van der Waals surface area contributed by atoms with E-state index in [4.69, 9.17) is 14.2 Å². The Morgan fingerprint density at radius 1 is 1.20 bits per heavy atom. The number of nitrogens with one attached hydrogen (secondary N) is 1. The van der Waals surface area contributed by atoms with E-state index in [-0.39, 0.29) is 30.1 Å². The molecular weight excluding hydrogens is 541 g/mol. The van der Waals surface area contributed by atoms with Gasteiger partial charge in [-0.3, -0.25) is 4.90 Å². The highest BCUT2D eigenvalue weighted by molar-refractivity contribution is 6.04. The molecule has 0 radical (unpaired) electrons. The monoisotopic (exact) mass is 570 g/mol. The number of carbonyl (C=O) groups is 1. The molecule has 6 rings (SSSR count). The van der Waals surface area contributed by atoms with Gasteiger partial charge in [0.15, 0.2) is 17.4 Å². The molecule has 5 heterocycles. The van der Waals surface area contributed by atoms with E-state index in [1.54, 1.807) is 23.2 Å². The van der Waals surface area contributed by atoms with Crippen LogP contribution in [0.25, 0.3) is 11.4 Å². The second-order valence-electron chi connectivity index (χ2n) is 10.7. The fourth-order valence-electron chi connectivity index (χ4n) is 5.31. The first-order chi connectivity index (χ1) is 19.6. The molecule has 2 amide bonds. The molecule has 3 aromatic rings. The SMILES string of the molecule is CC1(C)OC[C@H](COc2ccc(NC(=O)N3c4nc(-c5cccc(C(F)(F)F)c5)ncc4N4CCCC3C4)cn2)O1.